The number of epoxide rings is 1. The van der Waals surface area contributed by atoms with Crippen molar-refractivity contribution >= 4 is 5.69 Å². The number of likely N-dealkylation sites (N-methyl/N-ethyl adjacent to an activating group) is 1. The zero-order valence-corrected chi connectivity index (χ0v) is 7.10. The van der Waals surface area contributed by atoms with Crippen molar-refractivity contribution in [3.8, 4) is 0 Å². The summed E-state index contributed by atoms with van der Waals surface area (Å²) < 4.78 is 5.14. The van der Waals surface area contributed by atoms with E-state index in [1.807, 2.05) is 12.1 Å². The van der Waals surface area contributed by atoms with Crippen LogP contribution >= 0.6 is 0 Å². The van der Waals surface area contributed by atoms with Crippen LogP contribution in [-0.4, -0.2) is 31.3 Å². The lowest BCUT2D eigenvalue weighted by Crippen LogP contribution is -2.22. The molecule has 1 aromatic heterocycles. The van der Waals surface area contributed by atoms with Crippen LogP contribution < -0.4 is 4.90 Å². The maximum atomic E-state index is 5.14. The van der Waals surface area contributed by atoms with E-state index >= 15 is 0 Å². The molecule has 1 atom stereocenters. The van der Waals surface area contributed by atoms with E-state index in [9.17, 15) is 0 Å². The molecule has 0 bridgehead atoms. The second-order valence-electron chi connectivity index (χ2n) is 3.04. The monoisotopic (exact) mass is 164 g/mol. The third kappa shape index (κ3) is 1.74. The summed E-state index contributed by atoms with van der Waals surface area (Å²) in [5.41, 5.74) is 1.19. The second-order valence-corrected chi connectivity index (χ2v) is 3.04. The third-order valence-electron chi connectivity index (χ3n) is 1.98. The molecule has 0 spiro atoms. The first-order valence-electron chi connectivity index (χ1n) is 4.09. The maximum Gasteiger partial charge on any atom is 0.0984 e. The maximum absolute atomic E-state index is 5.14. The summed E-state index contributed by atoms with van der Waals surface area (Å²) in [6.45, 7) is 1.89. The molecular formula is C9H12N2O. The Bertz CT molecular complexity index is 246. The lowest BCUT2D eigenvalue weighted by Gasteiger charge is -2.17. The Morgan fingerprint density at radius 3 is 2.83 bits per heavy atom. The van der Waals surface area contributed by atoms with E-state index < -0.39 is 0 Å². The molecule has 0 saturated carbocycles. The van der Waals surface area contributed by atoms with Crippen molar-refractivity contribution in [3.63, 3.8) is 0 Å². The normalized spacial score (nSPS) is 20.6. The molecule has 0 radical (unpaired) electrons. The molecule has 0 aliphatic carbocycles. The predicted octanol–water partition coefficient (Wildman–Crippen LogP) is 0.917. The Labute approximate surface area is 72.0 Å². The molecule has 1 unspecified atom stereocenters. The van der Waals surface area contributed by atoms with Gasteiger partial charge in [-0.25, -0.2) is 0 Å². The van der Waals surface area contributed by atoms with Crippen LogP contribution in [0.2, 0.25) is 0 Å². The number of pyridine rings is 1. The van der Waals surface area contributed by atoms with Crippen LogP contribution in [0.1, 0.15) is 0 Å². The highest BCUT2D eigenvalue weighted by Gasteiger charge is 2.23. The number of rotatable bonds is 3. The van der Waals surface area contributed by atoms with Crippen LogP contribution in [0.15, 0.2) is 24.5 Å². The minimum absolute atomic E-state index is 0.447. The van der Waals surface area contributed by atoms with Crippen molar-refractivity contribution in [2.75, 3.05) is 25.1 Å². The number of aromatic nitrogens is 1. The number of nitrogens with zero attached hydrogens (tertiary/aromatic N) is 2. The summed E-state index contributed by atoms with van der Waals surface area (Å²) in [6, 6.07) is 4.00. The molecule has 1 aliphatic rings. The average Bonchev–Trinajstić information content (AvgIpc) is 2.90. The van der Waals surface area contributed by atoms with Crippen LogP contribution in [0.3, 0.4) is 0 Å². The van der Waals surface area contributed by atoms with Gasteiger partial charge in [0.1, 0.15) is 0 Å². The smallest absolute Gasteiger partial charge is 0.0984 e. The van der Waals surface area contributed by atoms with E-state index in [0.717, 1.165) is 13.2 Å². The number of ether oxygens (including phenoxy) is 1. The fourth-order valence-corrected chi connectivity index (χ4v) is 1.18. The van der Waals surface area contributed by atoms with Gasteiger partial charge in [-0.2, -0.15) is 0 Å². The van der Waals surface area contributed by atoms with E-state index in [-0.39, 0.29) is 0 Å². The summed E-state index contributed by atoms with van der Waals surface area (Å²) in [5, 5.41) is 0. The van der Waals surface area contributed by atoms with Gasteiger partial charge in [0.2, 0.25) is 0 Å². The fourth-order valence-electron chi connectivity index (χ4n) is 1.18. The van der Waals surface area contributed by atoms with Crippen LogP contribution in [0.25, 0.3) is 0 Å². The molecule has 1 aromatic rings. The fraction of sp³-hybridized carbons (Fsp3) is 0.444. The first-order valence-corrected chi connectivity index (χ1v) is 4.09. The molecule has 64 valence electrons. The van der Waals surface area contributed by atoms with Gasteiger partial charge in [-0.05, 0) is 12.1 Å². The Morgan fingerprint density at radius 2 is 2.25 bits per heavy atom. The lowest BCUT2D eigenvalue weighted by molar-refractivity contribution is 0.410. The summed E-state index contributed by atoms with van der Waals surface area (Å²) >= 11 is 0. The Morgan fingerprint density at radius 1 is 1.58 bits per heavy atom. The van der Waals surface area contributed by atoms with E-state index in [0.29, 0.717) is 6.10 Å². The number of hydrogen-bond acceptors (Lipinski definition) is 3. The van der Waals surface area contributed by atoms with Crippen molar-refractivity contribution in [2.24, 2.45) is 0 Å². The number of anilines is 1. The van der Waals surface area contributed by atoms with Gasteiger partial charge < -0.3 is 9.64 Å². The van der Waals surface area contributed by atoms with Gasteiger partial charge >= 0.3 is 0 Å². The molecule has 1 saturated heterocycles. The van der Waals surface area contributed by atoms with E-state index in [1.54, 1.807) is 12.4 Å². The van der Waals surface area contributed by atoms with Crippen LogP contribution in [0, 0.1) is 0 Å². The average molecular weight is 164 g/mol. The topological polar surface area (TPSA) is 28.7 Å². The van der Waals surface area contributed by atoms with Gasteiger partial charge in [0.25, 0.3) is 0 Å². The van der Waals surface area contributed by atoms with Crippen LogP contribution in [0.5, 0.6) is 0 Å². The molecular weight excluding hydrogens is 152 g/mol. The minimum Gasteiger partial charge on any atom is -0.372 e. The molecule has 1 aliphatic heterocycles. The zero-order valence-electron chi connectivity index (χ0n) is 7.10. The molecule has 0 N–H and O–H groups in total. The lowest BCUT2D eigenvalue weighted by atomic mass is 10.3. The third-order valence-corrected chi connectivity index (χ3v) is 1.98. The second kappa shape index (κ2) is 3.11. The molecule has 0 aromatic carbocycles. The van der Waals surface area contributed by atoms with Gasteiger partial charge in [0.05, 0.1) is 12.7 Å². The van der Waals surface area contributed by atoms with E-state index in [2.05, 4.69) is 16.9 Å². The standard InChI is InChI=1S/C9H12N2O/c1-11(6-9-7-12-9)8-2-4-10-5-3-8/h2-5,9H,6-7H2,1H3. The van der Waals surface area contributed by atoms with Gasteiger partial charge in [0, 0.05) is 31.7 Å². The Balaban J connectivity index is 1.98. The van der Waals surface area contributed by atoms with Crippen molar-refractivity contribution in [3.05, 3.63) is 24.5 Å². The van der Waals surface area contributed by atoms with Gasteiger partial charge in [-0.15, -0.1) is 0 Å². The van der Waals surface area contributed by atoms with Crippen molar-refractivity contribution in [2.45, 2.75) is 6.10 Å². The summed E-state index contributed by atoms with van der Waals surface area (Å²) in [6.07, 6.45) is 4.06. The molecule has 1 fully saturated rings. The van der Waals surface area contributed by atoms with Crippen LogP contribution in [-0.2, 0) is 4.74 Å². The first-order chi connectivity index (χ1) is 5.86. The molecule has 2 heterocycles. The quantitative estimate of drug-likeness (QED) is 0.622. The Kier molecular flexibility index (Phi) is 1.96. The largest absolute Gasteiger partial charge is 0.372 e. The van der Waals surface area contributed by atoms with Gasteiger partial charge in [-0.3, -0.25) is 4.98 Å². The van der Waals surface area contributed by atoms with Crippen molar-refractivity contribution < 1.29 is 4.74 Å². The number of hydrogen-bond donors (Lipinski definition) is 0. The first kappa shape index (κ1) is 7.55. The highest BCUT2D eigenvalue weighted by Crippen LogP contribution is 2.15. The highest BCUT2D eigenvalue weighted by molar-refractivity contribution is 5.43. The van der Waals surface area contributed by atoms with Gasteiger partial charge in [0.15, 0.2) is 0 Å². The molecule has 3 heteroatoms. The van der Waals surface area contributed by atoms with Crippen LogP contribution in [0.4, 0.5) is 5.69 Å². The minimum atomic E-state index is 0.447. The van der Waals surface area contributed by atoms with Crippen molar-refractivity contribution in [1.82, 2.24) is 4.98 Å². The SMILES string of the molecule is CN(CC1CO1)c1ccncc1. The summed E-state index contributed by atoms with van der Waals surface area (Å²) in [7, 11) is 2.07. The molecule has 12 heavy (non-hydrogen) atoms. The van der Waals surface area contributed by atoms with Gasteiger partial charge in [-0.1, -0.05) is 0 Å². The molecule has 2 rings (SSSR count). The Hall–Kier alpha value is -1.09. The predicted molar refractivity (Wildman–Crippen MR) is 47.2 cm³/mol. The summed E-state index contributed by atoms with van der Waals surface area (Å²) in [4.78, 5) is 6.14. The van der Waals surface area contributed by atoms with E-state index in [4.69, 9.17) is 4.74 Å². The van der Waals surface area contributed by atoms with Crippen molar-refractivity contribution in [1.29, 1.82) is 0 Å². The zero-order chi connectivity index (χ0) is 8.39. The molecule has 3 nitrogen and oxygen atoms in total. The highest BCUT2D eigenvalue weighted by atomic mass is 16.6. The summed E-state index contributed by atoms with van der Waals surface area (Å²) in [5.74, 6) is 0. The molecule has 0 amide bonds. The van der Waals surface area contributed by atoms with E-state index in [1.165, 1.54) is 5.69 Å².